The molecule has 0 unspecified atom stereocenters. The number of aromatic nitrogens is 2. The average Bonchev–Trinajstić information content (AvgIpc) is 3.15. The molecule has 0 aliphatic carbocycles. The van der Waals surface area contributed by atoms with Crippen molar-refractivity contribution in [2.75, 3.05) is 13.1 Å². The molecule has 6 heteroatoms. The lowest BCUT2D eigenvalue weighted by Gasteiger charge is -2.26. The summed E-state index contributed by atoms with van der Waals surface area (Å²) in [5.41, 5.74) is 4.58. The molecule has 0 N–H and O–H groups in total. The van der Waals surface area contributed by atoms with Gasteiger partial charge in [0, 0.05) is 36.0 Å². The molecule has 3 heterocycles. The highest BCUT2D eigenvalue weighted by Gasteiger charge is 2.21. The van der Waals surface area contributed by atoms with Crippen LogP contribution in [0, 0.1) is 12.7 Å². The van der Waals surface area contributed by atoms with Crippen LogP contribution in [-0.2, 0) is 0 Å². The summed E-state index contributed by atoms with van der Waals surface area (Å²) in [6.07, 6.45) is 5.03. The van der Waals surface area contributed by atoms with Crippen molar-refractivity contribution in [1.29, 1.82) is 0 Å². The summed E-state index contributed by atoms with van der Waals surface area (Å²) >= 11 is 6.71. The number of hydrogen-bond acceptors (Lipinski definition) is 2. The second-order valence-corrected chi connectivity index (χ2v) is 8.63. The molecule has 2 aromatic carbocycles. The lowest BCUT2D eigenvalue weighted by molar-refractivity contribution is 0.0724. The van der Waals surface area contributed by atoms with Crippen molar-refractivity contribution >= 4 is 23.2 Å². The van der Waals surface area contributed by atoms with Crippen molar-refractivity contribution in [2.24, 2.45) is 0 Å². The van der Waals surface area contributed by atoms with Crippen molar-refractivity contribution < 1.29 is 9.18 Å². The fraction of sp³-hybridized carbons (Fsp3) is 0.231. The number of rotatable bonds is 3. The highest BCUT2D eigenvalue weighted by atomic mass is 35.5. The molecule has 0 bridgehead atoms. The van der Waals surface area contributed by atoms with Crippen LogP contribution in [0.4, 0.5) is 4.39 Å². The van der Waals surface area contributed by atoms with Gasteiger partial charge in [-0.1, -0.05) is 48.0 Å². The molecule has 1 aliphatic heterocycles. The Bertz CT molecular complexity index is 1320. The maximum atomic E-state index is 14.8. The van der Waals surface area contributed by atoms with E-state index in [1.54, 1.807) is 28.8 Å². The third-order valence-corrected chi connectivity index (χ3v) is 6.42. The number of amides is 1. The highest BCUT2D eigenvalue weighted by molar-refractivity contribution is 6.32. The Balaban J connectivity index is 1.58. The fourth-order valence-corrected chi connectivity index (χ4v) is 4.65. The predicted molar refractivity (Wildman–Crippen MR) is 126 cm³/mol. The lowest BCUT2D eigenvalue weighted by atomic mass is 9.97. The quantitative estimate of drug-likeness (QED) is 0.364. The monoisotopic (exact) mass is 447 g/mol. The Morgan fingerprint density at radius 1 is 0.969 bits per heavy atom. The molecule has 1 saturated heterocycles. The van der Waals surface area contributed by atoms with Gasteiger partial charge in [-0.25, -0.2) is 9.37 Å². The minimum Gasteiger partial charge on any atom is -0.339 e. The van der Waals surface area contributed by atoms with Gasteiger partial charge in [-0.2, -0.15) is 0 Å². The average molecular weight is 448 g/mol. The third-order valence-electron chi connectivity index (χ3n) is 6.06. The van der Waals surface area contributed by atoms with E-state index in [0.717, 1.165) is 42.6 Å². The maximum absolute atomic E-state index is 14.8. The Kier molecular flexibility index (Phi) is 5.43. The summed E-state index contributed by atoms with van der Waals surface area (Å²) in [5.74, 6) is -0.262. The molecular weight excluding hydrogens is 425 g/mol. The van der Waals surface area contributed by atoms with Crippen LogP contribution in [0.3, 0.4) is 0 Å². The summed E-state index contributed by atoms with van der Waals surface area (Å²) in [5, 5.41) is 0.428. The number of carbonyl (C=O) groups is 1. The molecule has 32 heavy (non-hydrogen) atoms. The zero-order valence-electron chi connectivity index (χ0n) is 17.8. The van der Waals surface area contributed by atoms with Crippen molar-refractivity contribution in [3.05, 3.63) is 82.9 Å². The number of fused-ring (bicyclic) bond motifs is 1. The van der Waals surface area contributed by atoms with Crippen LogP contribution in [0.1, 0.15) is 35.2 Å². The molecule has 4 aromatic rings. The number of aryl methyl sites for hydroxylation is 1. The maximum Gasteiger partial charge on any atom is 0.254 e. The number of piperidine rings is 1. The van der Waals surface area contributed by atoms with E-state index < -0.39 is 0 Å². The van der Waals surface area contributed by atoms with E-state index in [9.17, 15) is 9.18 Å². The van der Waals surface area contributed by atoms with Gasteiger partial charge >= 0.3 is 0 Å². The Morgan fingerprint density at radius 2 is 1.72 bits per heavy atom. The van der Waals surface area contributed by atoms with Crippen LogP contribution < -0.4 is 0 Å². The second-order valence-electron chi connectivity index (χ2n) is 8.28. The smallest absolute Gasteiger partial charge is 0.254 e. The van der Waals surface area contributed by atoms with E-state index in [0.29, 0.717) is 27.6 Å². The molecule has 0 radical (unpaired) electrons. The summed E-state index contributed by atoms with van der Waals surface area (Å²) in [6.45, 7) is 3.44. The molecule has 0 atom stereocenters. The first-order chi connectivity index (χ1) is 15.5. The Morgan fingerprint density at radius 3 is 2.47 bits per heavy atom. The van der Waals surface area contributed by atoms with Gasteiger partial charge in [0.2, 0.25) is 0 Å². The standard InChI is InChI=1S/C26H23ClFN3O/c1-17-9-10-20(22(28)15-17)19-7-3-4-8-21(19)24-25(27)31-14-11-18(16-23(31)29-24)26(32)30-12-5-2-6-13-30/h3-4,7-11,14-16H,2,5-6,12-13H2,1H3. The first-order valence-corrected chi connectivity index (χ1v) is 11.2. The molecule has 4 nitrogen and oxygen atoms in total. The number of likely N-dealkylation sites (tertiary alicyclic amines) is 1. The van der Waals surface area contributed by atoms with Crippen LogP contribution in [-0.4, -0.2) is 33.3 Å². The molecule has 1 aliphatic rings. The Labute approximate surface area is 191 Å². The molecule has 162 valence electrons. The van der Waals surface area contributed by atoms with Gasteiger partial charge in [0.05, 0.1) is 0 Å². The van der Waals surface area contributed by atoms with Crippen LogP contribution in [0.5, 0.6) is 0 Å². The van der Waals surface area contributed by atoms with Gasteiger partial charge < -0.3 is 4.90 Å². The zero-order chi connectivity index (χ0) is 22.2. The van der Waals surface area contributed by atoms with Crippen molar-refractivity contribution in [3.63, 3.8) is 0 Å². The van der Waals surface area contributed by atoms with E-state index in [-0.39, 0.29) is 11.7 Å². The van der Waals surface area contributed by atoms with Gasteiger partial charge in [-0.05, 0) is 55.5 Å². The minimum absolute atomic E-state index is 0.0231. The van der Waals surface area contributed by atoms with E-state index in [1.165, 1.54) is 12.5 Å². The van der Waals surface area contributed by atoms with Gasteiger partial charge in [0.25, 0.3) is 5.91 Å². The number of benzene rings is 2. The SMILES string of the molecule is Cc1ccc(-c2ccccc2-c2nc3cc(C(=O)N4CCCCC4)ccn3c2Cl)c(F)c1. The minimum atomic E-state index is -0.285. The topological polar surface area (TPSA) is 37.6 Å². The molecular formula is C26H23ClFN3O. The van der Waals surface area contributed by atoms with E-state index in [1.807, 2.05) is 42.2 Å². The number of halogens is 2. The molecule has 2 aromatic heterocycles. The Hall–Kier alpha value is -3.18. The summed E-state index contributed by atoms with van der Waals surface area (Å²) < 4.78 is 16.5. The highest BCUT2D eigenvalue weighted by Crippen LogP contribution is 2.37. The number of nitrogens with zero attached hydrogens (tertiary/aromatic N) is 3. The molecule has 1 amide bonds. The largest absolute Gasteiger partial charge is 0.339 e. The van der Waals surface area contributed by atoms with Gasteiger partial charge in [0.15, 0.2) is 0 Å². The van der Waals surface area contributed by atoms with Gasteiger partial charge in [0.1, 0.15) is 22.3 Å². The molecule has 0 saturated carbocycles. The predicted octanol–water partition coefficient (Wildman–Crippen LogP) is 6.40. The first-order valence-electron chi connectivity index (χ1n) is 10.9. The van der Waals surface area contributed by atoms with Crippen LogP contribution >= 0.6 is 11.6 Å². The van der Waals surface area contributed by atoms with Gasteiger partial charge in [-0.15, -0.1) is 0 Å². The molecule has 1 fully saturated rings. The number of carbonyl (C=O) groups excluding carboxylic acids is 1. The molecule has 5 rings (SSSR count). The van der Waals surface area contributed by atoms with Gasteiger partial charge in [-0.3, -0.25) is 9.20 Å². The van der Waals surface area contributed by atoms with Crippen molar-refractivity contribution in [1.82, 2.24) is 14.3 Å². The first kappa shape index (κ1) is 20.7. The number of pyridine rings is 1. The normalized spacial score (nSPS) is 14.2. The van der Waals surface area contributed by atoms with E-state index in [2.05, 4.69) is 0 Å². The summed E-state index contributed by atoms with van der Waals surface area (Å²) in [7, 11) is 0. The number of imidazole rings is 1. The second kappa shape index (κ2) is 8.40. The summed E-state index contributed by atoms with van der Waals surface area (Å²) in [6, 6.07) is 16.3. The zero-order valence-corrected chi connectivity index (χ0v) is 18.6. The lowest BCUT2D eigenvalue weighted by Crippen LogP contribution is -2.35. The van der Waals surface area contributed by atoms with E-state index >= 15 is 0 Å². The third kappa shape index (κ3) is 3.67. The summed E-state index contributed by atoms with van der Waals surface area (Å²) in [4.78, 5) is 19.6. The molecule has 0 spiro atoms. The van der Waals surface area contributed by atoms with Crippen LogP contribution in [0.15, 0.2) is 60.8 Å². The van der Waals surface area contributed by atoms with E-state index in [4.69, 9.17) is 16.6 Å². The van der Waals surface area contributed by atoms with Crippen molar-refractivity contribution in [2.45, 2.75) is 26.2 Å². The fourth-order valence-electron chi connectivity index (χ4n) is 4.36. The van der Waals surface area contributed by atoms with Crippen LogP contribution in [0.2, 0.25) is 5.15 Å². The van der Waals surface area contributed by atoms with Crippen molar-refractivity contribution in [3.8, 4) is 22.4 Å². The van der Waals surface area contributed by atoms with Crippen LogP contribution in [0.25, 0.3) is 28.0 Å². The number of hydrogen-bond donors (Lipinski definition) is 0.